The first-order valence-corrected chi connectivity index (χ1v) is 6.02. The summed E-state index contributed by atoms with van der Waals surface area (Å²) in [4.78, 5) is 16.2. The van der Waals surface area contributed by atoms with E-state index in [0.29, 0.717) is 17.1 Å². The van der Waals surface area contributed by atoms with Gasteiger partial charge in [-0.3, -0.25) is 4.79 Å². The van der Waals surface area contributed by atoms with Gasteiger partial charge in [-0.15, -0.1) is 0 Å². The molecule has 1 aromatic carbocycles. The molecule has 0 saturated heterocycles. The van der Waals surface area contributed by atoms with Crippen molar-refractivity contribution >= 4 is 17.4 Å². The van der Waals surface area contributed by atoms with Gasteiger partial charge in [0.15, 0.2) is 0 Å². The summed E-state index contributed by atoms with van der Waals surface area (Å²) >= 11 is 0. The van der Waals surface area contributed by atoms with Gasteiger partial charge >= 0.3 is 0 Å². The van der Waals surface area contributed by atoms with E-state index in [1.54, 1.807) is 26.0 Å². The Morgan fingerprint density at radius 3 is 2.65 bits per heavy atom. The molecule has 5 nitrogen and oxygen atoms in total. The van der Waals surface area contributed by atoms with E-state index in [0.717, 1.165) is 5.56 Å². The largest absolute Gasteiger partial charge is 0.319 e. The molecule has 0 fully saturated rings. The molecular weight excluding hydrogens is 259 g/mol. The summed E-state index contributed by atoms with van der Waals surface area (Å²) in [6.45, 7) is 3.52. The average Bonchev–Trinajstić information content (AvgIpc) is 2.41. The van der Waals surface area contributed by atoms with Crippen LogP contribution < -0.4 is 16.6 Å². The van der Waals surface area contributed by atoms with E-state index in [-0.39, 0.29) is 5.69 Å². The van der Waals surface area contributed by atoms with Crippen LogP contribution in [0.1, 0.15) is 21.6 Å². The third kappa shape index (κ3) is 3.10. The van der Waals surface area contributed by atoms with E-state index in [1.165, 1.54) is 18.2 Å². The molecule has 1 aromatic heterocycles. The molecular formula is C14H15FN4O. The van der Waals surface area contributed by atoms with Crippen molar-refractivity contribution in [2.45, 2.75) is 13.8 Å². The number of nitrogens with two attached hydrogens (primary N) is 1. The molecule has 2 rings (SSSR count). The Bertz CT molecular complexity index is 658. The van der Waals surface area contributed by atoms with Crippen LogP contribution in [-0.4, -0.2) is 10.9 Å². The number of amides is 1. The zero-order valence-corrected chi connectivity index (χ0v) is 11.2. The lowest BCUT2D eigenvalue weighted by molar-refractivity contribution is 0.102. The molecule has 0 spiro atoms. The first-order chi connectivity index (χ1) is 9.49. The van der Waals surface area contributed by atoms with Crippen molar-refractivity contribution in [2.24, 2.45) is 5.84 Å². The molecule has 0 radical (unpaired) electrons. The fourth-order valence-corrected chi connectivity index (χ4v) is 1.79. The van der Waals surface area contributed by atoms with Crippen molar-refractivity contribution in [3.8, 4) is 0 Å². The van der Waals surface area contributed by atoms with Crippen molar-refractivity contribution in [1.29, 1.82) is 0 Å². The van der Waals surface area contributed by atoms with Gasteiger partial charge in [-0.05, 0) is 43.7 Å². The number of anilines is 2. The smallest absolute Gasteiger partial charge is 0.255 e. The standard InChI is InChI=1S/C14H15FN4O/c1-8-3-4-12(11(15)5-8)18-14(20)10-6-9(2)17-13(7-10)19-16/h3-7H,16H2,1-2H3,(H,17,19)(H,18,20). The Morgan fingerprint density at radius 2 is 2.00 bits per heavy atom. The number of aromatic nitrogens is 1. The number of rotatable bonds is 3. The minimum Gasteiger partial charge on any atom is -0.319 e. The van der Waals surface area contributed by atoms with Crippen LogP contribution in [0, 0.1) is 19.7 Å². The summed E-state index contributed by atoms with van der Waals surface area (Å²) in [5.74, 6) is 4.76. The van der Waals surface area contributed by atoms with Gasteiger partial charge in [-0.1, -0.05) is 6.07 Å². The first kappa shape index (κ1) is 14.0. The highest BCUT2D eigenvalue weighted by atomic mass is 19.1. The summed E-state index contributed by atoms with van der Waals surface area (Å²) in [6, 6.07) is 7.71. The summed E-state index contributed by atoms with van der Waals surface area (Å²) in [5.41, 5.74) is 4.29. The topological polar surface area (TPSA) is 80.0 Å². The quantitative estimate of drug-likeness (QED) is 0.593. The van der Waals surface area contributed by atoms with Crippen molar-refractivity contribution in [3.05, 3.63) is 53.0 Å². The summed E-state index contributed by atoms with van der Waals surface area (Å²) < 4.78 is 13.7. The molecule has 0 saturated carbocycles. The van der Waals surface area contributed by atoms with E-state index < -0.39 is 11.7 Å². The molecule has 0 atom stereocenters. The number of carbonyl (C=O) groups is 1. The fraction of sp³-hybridized carbons (Fsp3) is 0.143. The molecule has 104 valence electrons. The van der Waals surface area contributed by atoms with E-state index in [9.17, 15) is 9.18 Å². The van der Waals surface area contributed by atoms with E-state index >= 15 is 0 Å². The second-order valence-electron chi connectivity index (χ2n) is 4.46. The summed E-state index contributed by atoms with van der Waals surface area (Å²) in [6.07, 6.45) is 0. The molecule has 0 aliphatic carbocycles. The van der Waals surface area contributed by atoms with Gasteiger partial charge in [0.1, 0.15) is 11.6 Å². The van der Waals surface area contributed by atoms with E-state index in [4.69, 9.17) is 5.84 Å². The molecule has 2 aromatic rings. The summed E-state index contributed by atoms with van der Waals surface area (Å²) in [5, 5.41) is 2.52. The lowest BCUT2D eigenvalue weighted by Crippen LogP contribution is -2.15. The number of benzene rings is 1. The first-order valence-electron chi connectivity index (χ1n) is 6.02. The Hall–Kier alpha value is -2.47. The lowest BCUT2D eigenvalue weighted by atomic mass is 10.2. The van der Waals surface area contributed by atoms with Crippen LogP contribution in [0.4, 0.5) is 15.9 Å². The predicted octanol–water partition coefficient (Wildman–Crippen LogP) is 2.38. The molecule has 0 unspecified atom stereocenters. The van der Waals surface area contributed by atoms with Crippen molar-refractivity contribution in [3.63, 3.8) is 0 Å². The van der Waals surface area contributed by atoms with Crippen LogP contribution in [0.5, 0.6) is 0 Å². The van der Waals surface area contributed by atoms with Crippen LogP contribution in [0.15, 0.2) is 30.3 Å². The van der Waals surface area contributed by atoms with E-state index in [1.807, 2.05) is 0 Å². The van der Waals surface area contributed by atoms with Crippen LogP contribution in [0.3, 0.4) is 0 Å². The molecule has 0 aliphatic heterocycles. The van der Waals surface area contributed by atoms with Crippen molar-refractivity contribution in [2.75, 3.05) is 10.7 Å². The number of nitrogens with zero attached hydrogens (tertiary/aromatic N) is 1. The van der Waals surface area contributed by atoms with Crippen molar-refractivity contribution in [1.82, 2.24) is 4.98 Å². The maximum Gasteiger partial charge on any atom is 0.255 e. The number of halogens is 1. The maximum atomic E-state index is 13.7. The van der Waals surface area contributed by atoms with Gasteiger partial charge in [0.2, 0.25) is 0 Å². The van der Waals surface area contributed by atoms with Gasteiger partial charge in [-0.25, -0.2) is 15.2 Å². The van der Waals surface area contributed by atoms with Gasteiger partial charge in [-0.2, -0.15) is 0 Å². The average molecular weight is 274 g/mol. The maximum absolute atomic E-state index is 13.7. The fourth-order valence-electron chi connectivity index (χ4n) is 1.79. The normalized spacial score (nSPS) is 10.2. The SMILES string of the molecule is Cc1ccc(NC(=O)c2cc(C)nc(NN)c2)c(F)c1. The Morgan fingerprint density at radius 1 is 1.25 bits per heavy atom. The Kier molecular flexibility index (Phi) is 3.95. The van der Waals surface area contributed by atoms with Crippen LogP contribution >= 0.6 is 0 Å². The molecule has 1 heterocycles. The minimum absolute atomic E-state index is 0.136. The van der Waals surface area contributed by atoms with Gasteiger partial charge in [0.25, 0.3) is 5.91 Å². The van der Waals surface area contributed by atoms with Crippen LogP contribution in [-0.2, 0) is 0 Å². The number of nitrogen functional groups attached to an aromatic ring is 1. The third-order valence-corrected chi connectivity index (χ3v) is 2.74. The van der Waals surface area contributed by atoms with E-state index in [2.05, 4.69) is 15.7 Å². The lowest BCUT2D eigenvalue weighted by Gasteiger charge is -2.09. The second kappa shape index (κ2) is 5.66. The Balaban J connectivity index is 2.26. The number of pyridine rings is 1. The van der Waals surface area contributed by atoms with Gasteiger partial charge in [0, 0.05) is 11.3 Å². The number of hydrogen-bond acceptors (Lipinski definition) is 4. The second-order valence-corrected chi connectivity index (χ2v) is 4.46. The molecule has 6 heteroatoms. The summed E-state index contributed by atoms with van der Waals surface area (Å²) in [7, 11) is 0. The van der Waals surface area contributed by atoms with Gasteiger partial charge in [0.05, 0.1) is 5.69 Å². The number of carbonyl (C=O) groups excluding carboxylic acids is 1. The third-order valence-electron chi connectivity index (χ3n) is 2.74. The minimum atomic E-state index is -0.471. The number of hydrazine groups is 1. The van der Waals surface area contributed by atoms with Gasteiger partial charge < -0.3 is 10.7 Å². The number of aryl methyl sites for hydroxylation is 2. The zero-order chi connectivity index (χ0) is 14.7. The van der Waals surface area contributed by atoms with Crippen LogP contribution in [0.25, 0.3) is 0 Å². The number of hydrogen-bond donors (Lipinski definition) is 3. The van der Waals surface area contributed by atoms with Crippen molar-refractivity contribution < 1.29 is 9.18 Å². The predicted molar refractivity (Wildman–Crippen MR) is 75.9 cm³/mol. The molecule has 4 N–H and O–H groups in total. The Labute approximate surface area is 116 Å². The van der Waals surface area contributed by atoms with Crippen LogP contribution in [0.2, 0.25) is 0 Å². The monoisotopic (exact) mass is 274 g/mol. The number of nitrogens with one attached hydrogen (secondary N) is 2. The molecule has 0 bridgehead atoms. The highest BCUT2D eigenvalue weighted by Gasteiger charge is 2.11. The molecule has 1 amide bonds. The molecule has 0 aliphatic rings. The molecule has 20 heavy (non-hydrogen) atoms. The zero-order valence-electron chi connectivity index (χ0n) is 11.2. The highest BCUT2D eigenvalue weighted by Crippen LogP contribution is 2.17. The highest BCUT2D eigenvalue weighted by molar-refractivity contribution is 6.04.